The van der Waals surface area contributed by atoms with Gasteiger partial charge in [0.05, 0.1) is 5.52 Å². The van der Waals surface area contributed by atoms with E-state index in [1.54, 1.807) is 11.3 Å². The molecular weight excluding hydrogens is 232 g/mol. The highest BCUT2D eigenvalue weighted by Gasteiger charge is 2.21. The molecule has 0 aliphatic heterocycles. The van der Waals surface area contributed by atoms with Gasteiger partial charge in [-0.05, 0) is 42.3 Å². The molecule has 1 fully saturated rings. The fourth-order valence-electron chi connectivity index (χ4n) is 1.54. The van der Waals surface area contributed by atoms with Gasteiger partial charge in [-0.25, -0.2) is 4.98 Å². The summed E-state index contributed by atoms with van der Waals surface area (Å²) in [6.07, 6.45) is 3.81. The lowest BCUT2D eigenvalue weighted by molar-refractivity contribution is 0.117. The Morgan fingerprint density at radius 2 is 2.27 bits per heavy atom. The van der Waals surface area contributed by atoms with Crippen molar-refractivity contribution in [3.63, 3.8) is 0 Å². The van der Waals surface area contributed by atoms with Crippen LogP contribution in [-0.4, -0.2) is 16.1 Å². The molecule has 3 rings (SSSR count). The van der Waals surface area contributed by atoms with E-state index in [1.807, 2.05) is 11.4 Å². The number of fused-ring (bicyclic) bond motifs is 1. The minimum absolute atomic E-state index is 0.259. The third-order valence-corrected chi connectivity index (χ3v) is 3.64. The Balaban J connectivity index is 2.02. The van der Waals surface area contributed by atoms with Gasteiger partial charge < -0.3 is 4.74 Å². The van der Waals surface area contributed by atoms with Gasteiger partial charge in [-0.15, -0.1) is 11.3 Å². The Bertz CT molecular complexity index is 495. The van der Waals surface area contributed by atoms with Crippen LogP contribution >= 0.6 is 22.9 Å². The summed E-state index contributed by atoms with van der Waals surface area (Å²) in [5.41, 5.74) is 0.870. The maximum absolute atomic E-state index is 5.83. The summed E-state index contributed by atoms with van der Waals surface area (Å²) in [6.45, 7) is 0. The normalized spacial score (nSPS) is 16.6. The van der Waals surface area contributed by atoms with Gasteiger partial charge in [0.25, 0.3) is 0 Å². The van der Waals surface area contributed by atoms with Crippen LogP contribution in [-0.2, 0) is 0 Å². The summed E-state index contributed by atoms with van der Waals surface area (Å²) in [4.78, 5) is 8.27. The van der Waals surface area contributed by atoms with Gasteiger partial charge in [-0.2, -0.15) is 4.98 Å². The second-order valence-corrected chi connectivity index (χ2v) is 4.86. The molecule has 78 valence electrons. The SMILES string of the molecule is Clc1nc(OC2CCC2)c2sccc2n1. The van der Waals surface area contributed by atoms with Gasteiger partial charge in [0.1, 0.15) is 10.8 Å². The monoisotopic (exact) mass is 240 g/mol. The van der Waals surface area contributed by atoms with Crippen molar-refractivity contribution in [2.75, 3.05) is 0 Å². The molecule has 0 unspecified atom stereocenters. The van der Waals surface area contributed by atoms with E-state index < -0.39 is 0 Å². The van der Waals surface area contributed by atoms with Crippen molar-refractivity contribution >= 4 is 33.2 Å². The lowest BCUT2D eigenvalue weighted by atomic mass is 9.96. The highest BCUT2D eigenvalue weighted by Crippen LogP contribution is 2.32. The van der Waals surface area contributed by atoms with Crippen molar-refractivity contribution in [3.8, 4) is 5.88 Å². The van der Waals surface area contributed by atoms with Crippen LogP contribution in [0.3, 0.4) is 0 Å². The quantitative estimate of drug-likeness (QED) is 0.756. The molecule has 0 atom stereocenters. The summed E-state index contributed by atoms with van der Waals surface area (Å²) < 4.78 is 6.77. The lowest BCUT2D eigenvalue weighted by Crippen LogP contribution is -2.25. The van der Waals surface area contributed by atoms with Gasteiger partial charge in [-0.1, -0.05) is 0 Å². The Morgan fingerprint density at radius 1 is 1.40 bits per heavy atom. The highest BCUT2D eigenvalue weighted by molar-refractivity contribution is 7.17. The van der Waals surface area contributed by atoms with Crippen LogP contribution in [0.2, 0.25) is 5.28 Å². The zero-order valence-electron chi connectivity index (χ0n) is 7.94. The van der Waals surface area contributed by atoms with E-state index in [0.717, 1.165) is 23.1 Å². The minimum atomic E-state index is 0.259. The summed E-state index contributed by atoms with van der Waals surface area (Å²) in [7, 11) is 0. The molecule has 1 aliphatic carbocycles. The van der Waals surface area contributed by atoms with Crippen molar-refractivity contribution in [3.05, 3.63) is 16.7 Å². The highest BCUT2D eigenvalue weighted by atomic mass is 35.5. The lowest BCUT2D eigenvalue weighted by Gasteiger charge is -2.25. The van der Waals surface area contributed by atoms with Crippen LogP contribution in [0.4, 0.5) is 0 Å². The Hall–Kier alpha value is -0.870. The maximum atomic E-state index is 5.83. The molecule has 0 saturated heterocycles. The first-order chi connectivity index (χ1) is 7.33. The smallest absolute Gasteiger partial charge is 0.236 e. The minimum Gasteiger partial charge on any atom is -0.473 e. The maximum Gasteiger partial charge on any atom is 0.236 e. The number of thiophene rings is 1. The number of hydrogen-bond donors (Lipinski definition) is 0. The molecule has 0 bridgehead atoms. The first-order valence-corrected chi connectivity index (χ1v) is 6.16. The third kappa shape index (κ3) is 1.68. The van der Waals surface area contributed by atoms with Gasteiger partial charge in [0, 0.05) is 0 Å². The first kappa shape index (κ1) is 9.36. The van der Waals surface area contributed by atoms with Gasteiger partial charge in [0.15, 0.2) is 0 Å². The average Bonchev–Trinajstić information content (AvgIpc) is 2.58. The molecule has 1 saturated carbocycles. The van der Waals surface area contributed by atoms with Gasteiger partial charge >= 0.3 is 0 Å². The summed E-state index contributed by atoms with van der Waals surface area (Å²) >= 11 is 7.42. The summed E-state index contributed by atoms with van der Waals surface area (Å²) in [5.74, 6) is 0.643. The number of aromatic nitrogens is 2. The van der Waals surface area contributed by atoms with Crippen molar-refractivity contribution in [2.45, 2.75) is 25.4 Å². The summed E-state index contributed by atoms with van der Waals surface area (Å²) in [5, 5.41) is 2.23. The zero-order chi connectivity index (χ0) is 10.3. The van der Waals surface area contributed by atoms with Gasteiger partial charge in [0.2, 0.25) is 11.2 Å². The van der Waals surface area contributed by atoms with Crippen molar-refractivity contribution in [2.24, 2.45) is 0 Å². The number of nitrogens with zero attached hydrogens (tertiary/aromatic N) is 2. The predicted octanol–water partition coefficient (Wildman–Crippen LogP) is 3.28. The Labute approximate surface area is 96.1 Å². The van der Waals surface area contributed by atoms with Crippen LogP contribution < -0.4 is 4.74 Å². The second-order valence-electron chi connectivity index (χ2n) is 3.60. The largest absolute Gasteiger partial charge is 0.473 e. The van der Waals surface area contributed by atoms with Crippen LogP contribution in [0, 0.1) is 0 Å². The fourth-order valence-corrected chi connectivity index (χ4v) is 2.47. The molecule has 2 aromatic rings. The summed E-state index contributed by atoms with van der Waals surface area (Å²) in [6, 6.07) is 1.93. The fraction of sp³-hybridized carbons (Fsp3) is 0.400. The molecule has 0 N–H and O–H groups in total. The molecule has 0 spiro atoms. The molecule has 2 heterocycles. The van der Waals surface area contributed by atoms with E-state index >= 15 is 0 Å². The van der Waals surface area contributed by atoms with E-state index in [9.17, 15) is 0 Å². The molecule has 0 amide bonds. The molecule has 0 radical (unpaired) electrons. The zero-order valence-corrected chi connectivity index (χ0v) is 9.51. The van der Waals surface area contributed by atoms with Crippen LogP contribution in [0.25, 0.3) is 10.2 Å². The topological polar surface area (TPSA) is 35.0 Å². The molecule has 0 aromatic carbocycles. The number of hydrogen-bond acceptors (Lipinski definition) is 4. The predicted molar refractivity (Wildman–Crippen MR) is 60.7 cm³/mol. The molecule has 3 nitrogen and oxygen atoms in total. The van der Waals surface area contributed by atoms with Crippen molar-refractivity contribution in [1.29, 1.82) is 0 Å². The number of halogens is 1. The van der Waals surface area contributed by atoms with E-state index in [4.69, 9.17) is 16.3 Å². The third-order valence-electron chi connectivity index (χ3n) is 2.58. The van der Waals surface area contributed by atoms with Crippen molar-refractivity contribution in [1.82, 2.24) is 9.97 Å². The molecule has 2 aromatic heterocycles. The molecule has 5 heteroatoms. The molecule has 15 heavy (non-hydrogen) atoms. The molecule has 1 aliphatic rings. The van der Waals surface area contributed by atoms with E-state index in [2.05, 4.69) is 9.97 Å². The standard InChI is InChI=1S/C10H9ClN2OS/c11-10-12-7-4-5-15-8(7)9(13-10)14-6-2-1-3-6/h4-6H,1-3H2. The first-order valence-electron chi connectivity index (χ1n) is 4.90. The van der Waals surface area contributed by atoms with Crippen LogP contribution in [0.15, 0.2) is 11.4 Å². The number of ether oxygens (including phenoxy) is 1. The van der Waals surface area contributed by atoms with E-state index in [-0.39, 0.29) is 5.28 Å². The Kier molecular flexibility index (Phi) is 2.25. The van der Waals surface area contributed by atoms with E-state index in [0.29, 0.717) is 12.0 Å². The van der Waals surface area contributed by atoms with Crippen LogP contribution in [0.1, 0.15) is 19.3 Å². The van der Waals surface area contributed by atoms with Gasteiger partial charge in [-0.3, -0.25) is 0 Å². The van der Waals surface area contributed by atoms with Crippen molar-refractivity contribution < 1.29 is 4.74 Å². The Morgan fingerprint density at radius 3 is 3.00 bits per heavy atom. The second kappa shape index (κ2) is 3.61. The molecular formula is C10H9ClN2OS. The number of rotatable bonds is 2. The van der Waals surface area contributed by atoms with E-state index in [1.165, 1.54) is 6.42 Å². The average molecular weight is 241 g/mol. The van der Waals surface area contributed by atoms with Crippen LogP contribution in [0.5, 0.6) is 5.88 Å².